The zero-order valence-electron chi connectivity index (χ0n) is 11.2. The second-order valence-corrected chi connectivity index (χ2v) is 5.40. The van der Waals surface area contributed by atoms with Crippen molar-refractivity contribution in [3.05, 3.63) is 24.8 Å². The highest BCUT2D eigenvalue weighted by atomic mass is 16.5. The van der Waals surface area contributed by atoms with Crippen molar-refractivity contribution in [1.29, 1.82) is 0 Å². The number of ether oxygens (including phenoxy) is 1. The second-order valence-electron chi connectivity index (χ2n) is 5.40. The van der Waals surface area contributed by atoms with Crippen molar-refractivity contribution in [1.82, 2.24) is 0 Å². The Kier molecular flexibility index (Phi) is 5.46. The van der Waals surface area contributed by atoms with E-state index in [9.17, 15) is 4.79 Å². The molecule has 1 aliphatic rings. The van der Waals surface area contributed by atoms with Gasteiger partial charge in [-0.3, -0.25) is 0 Å². The highest BCUT2D eigenvalue weighted by Gasteiger charge is 2.32. The molecule has 1 aliphatic carbocycles. The van der Waals surface area contributed by atoms with Crippen molar-refractivity contribution >= 4 is 5.97 Å². The molecule has 0 aromatic heterocycles. The third-order valence-electron chi connectivity index (χ3n) is 3.60. The number of esters is 1. The third-order valence-corrected chi connectivity index (χ3v) is 3.60. The predicted molar refractivity (Wildman–Crippen MR) is 70.6 cm³/mol. The topological polar surface area (TPSA) is 26.3 Å². The normalized spacial score (nSPS) is 29.5. The number of allylic oxidation sites excluding steroid dienone is 2. The number of hydrogen-bond donors (Lipinski definition) is 0. The fraction of sp³-hybridized carbons (Fsp3) is 0.667. The van der Waals surface area contributed by atoms with E-state index in [2.05, 4.69) is 27.4 Å². The van der Waals surface area contributed by atoms with Gasteiger partial charge in [0.2, 0.25) is 0 Å². The molecule has 1 saturated carbocycles. The summed E-state index contributed by atoms with van der Waals surface area (Å²) in [7, 11) is 0. The van der Waals surface area contributed by atoms with Crippen LogP contribution in [0.15, 0.2) is 24.8 Å². The van der Waals surface area contributed by atoms with Crippen molar-refractivity contribution in [3.63, 3.8) is 0 Å². The Hall–Kier alpha value is -1.05. The molecule has 0 bridgehead atoms. The summed E-state index contributed by atoms with van der Waals surface area (Å²) in [6.45, 7) is 10.2. The fourth-order valence-corrected chi connectivity index (χ4v) is 2.59. The summed E-state index contributed by atoms with van der Waals surface area (Å²) in [5.41, 5.74) is 0. The average molecular weight is 236 g/mol. The zero-order valence-corrected chi connectivity index (χ0v) is 11.2. The van der Waals surface area contributed by atoms with Crippen molar-refractivity contribution in [2.24, 2.45) is 17.8 Å². The van der Waals surface area contributed by atoms with Gasteiger partial charge in [0.15, 0.2) is 0 Å². The van der Waals surface area contributed by atoms with Crippen molar-refractivity contribution in [2.75, 3.05) is 0 Å². The van der Waals surface area contributed by atoms with Crippen LogP contribution in [0.4, 0.5) is 0 Å². The molecule has 0 aliphatic heterocycles. The lowest BCUT2D eigenvalue weighted by atomic mass is 9.75. The van der Waals surface area contributed by atoms with E-state index in [-0.39, 0.29) is 12.1 Å². The Labute approximate surface area is 105 Å². The molecule has 0 spiro atoms. The first kappa shape index (κ1) is 14.0. The van der Waals surface area contributed by atoms with Gasteiger partial charge in [0, 0.05) is 6.08 Å². The van der Waals surface area contributed by atoms with Gasteiger partial charge in [-0.05, 0) is 30.6 Å². The van der Waals surface area contributed by atoms with Crippen LogP contribution in [0.25, 0.3) is 0 Å². The van der Waals surface area contributed by atoms with Crippen LogP contribution in [-0.4, -0.2) is 12.1 Å². The van der Waals surface area contributed by atoms with Gasteiger partial charge in [-0.1, -0.05) is 45.9 Å². The van der Waals surface area contributed by atoms with Crippen LogP contribution in [0.3, 0.4) is 0 Å². The highest BCUT2D eigenvalue weighted by molar-refractivity contribution is 5.82. The van der Waals surface area contributed by atoms with Crippen LogP contribution in [0.2, 0.25) is 0 Å². The number of carbonyl (C=O) groups excluding carboxylic acids is 1. The van der Waals surface area contributed by atoms with E-state index < -0.39 is 0 Å². The molecule has 17 heavy (non-hydrogen) atoms. The molecule has 0 amide bonds. The van der Waals surface area contributed by atoms with Gasteiger partial charge < -0.3 is 4.74 Å². The summed E-state index contributed by atoms with van der Waals surface area (Å²) >= 11 is 0. The van der Waals surface area contributed by atoms with Crippen LogP contribution >= 0.6 is 0 Å². The Morgan fingerprint density at radius 1 is 1.41 bits per heavy atom. The first-order valence-electron chi connectivity index (χ1n) is 6.54. The van der Waals surface area contributed by atoms with Crippen LogP contribution in [0.1, 0.15) is 40.0 Å². The lowest BCUT2D eigenvalue weighted by molar-refractivity contribution is -0.149. The molecule has 2 nitrogen and oxygen atoms in total. The van der Waals surface area contributed by atoms with Crippen molar-refractivity contribution in [2.45, 2.75) is 46.1 Å². The van der Waals surface area contributed by atoms with Gasteiger partial charge in [0.05, 0.1) is 0 Å². The maximum Gasteiger partial charge on any atom is 0.331 e. The van der Waals surface area contributed by atoms with E-state index in [1.807, 2.05) is 0 Å². The average Bonchev–Trinajstić information content (AvgIpc) is 2.26. The maximum atomic E-state index is 11.6. The molecular weight excluding hydrogens is 212 g/mol. The Bertz CT molecular complexity index is 291. The molecule has 3 atom stereocenters. The van der Waals surface area contributed by atoms with Gasteiger partial charge in [0.1, 0.15) is 6.10 Å². The quantitative estimate of drug-likeness (QED) is 0.422. The Morgan fingerprint density at radius 2 is 2.12 bits per heavy atom. The monoisotopic (exact) mass is 236 g/mol. The van der Waals surface area contributed by atoms with Gasteiger partial charge >= 0.3 is 5.97 Å². The summed E-state index contributed by atoms with van der Waals surface area (Å²) < 4.78 is 5.56. The molecule has 0 aromatic carbocycles. The van der Waals surface area contributed by atoms with E-state index in [1.165, 1.54) is 18.9 Å². The molecule has 0 N–H and O–H groups in total. The number of rotatable bonds is 4. The summed E-state index contributed by atoms with van der Waals surface area (Å²) in [5, 5.41) is 0. The summed E-state index contributed by atoms with van der Waals surface area (Å²) in [6, 6.07) is 0. The minimum atomic E-state index is -0.241. The van der Waals surface area contributed by atoms with E-state index in [4.69, 9.17) is 4.74 Å². The van der Waals surface area contributed by atoms with E-state index in [1.54, 1.807) is 12.2 Å². The molecule has 0 aromatic rings. The van der Waals surface area contributed by atoms with Gasteiger partial charge in [-0.15, -0.1) is 0 Å². The lowest BCUT2D eigenvalue weighted by Gasteiger charge is -2.36. The molecule has 0 radical (unpaired) electrons. The number of carbonyl (C=O) groups is 1. The van der Waals surface area contributed by atoms with E-state index in [0.717, 1.165) is 6.42 Å². The number of hydrogen-bond acceptors (Lipinski definition) is 2. The predicted octanol–water partition coefficient (Wildman–Crippen LogP) is 3.73. The first-order valence-corrected chi connectivity index (χ1v) is 6.54. The van der Waals surface area contributed by atoms with Crippen LogP contribution in [0, 0.1) is 17.8 Å². The van der Waals surface area contributed by atoms with Gasteiger partial charge in [-0.2, -0.15) is 0 Å². The van der Waals surface area contributed by atoms with Crippen molar-refractivity contribution in [3.8, 4) is 0 Å². The SMILES string of the molecule is C=C/C=C/C(=O)O[C@@H]1C[C@H](C)CC[C@H]1C(C)C. The van der Waals surface area contributed by atoms with Crippen LogP contribution < -0.4 is 0 Å². The minimum absolute atomic E-state index is 0.0840. The standard InChI is InChI=1S/C15H24O2/c1-5-6-7-15(16)17-14-10-12(4)8-9-13(14)11(2)3/h5-7,11-14H,1,8-10H2,2-4H3/b7-6+/t12-,13+,14-/m1/s1. The molecule has 1 fully saturated rings. The maximum absolute atomic E-state index is 11.6. The largest absolute Gasteiger partial charge is 0.459 e. The molecule has 2 heteroatoms. The fourth-order valence-electron chi connectivity index (χ4n) is 2.59. The van der Waals surface area contributed by atoms with Gasteiger partial charge in [0.25, 0.3) is 0 Å². The first-order chi connectivity index (χ1) is 8.04. The molecule has 0 heterocycles. The Morgan fingerprint density at radius 3 is 2.71 bits per heavy atom. The smallest absolute Gasteiger partial charge is 0.331 e. The summed E-state index contributed by atoms with van der Waals surface area (Å²) in [4.78, 5) is 11.6. The van der Waals surface area contributed by atoms with Crippen molar-refractivity contribution < 1.29 is 9.53 Å². The second kappa shape index (κ2) is 6.63. The van der Waals surface area contributed by atoms with Crippen LogP contribution in [-0.2, 0) is 9.53 Å². The molecular formula is C15H24O2. The summed E-state index contributed by atoms with van der Waals surface area (Å²) in [5.74, 6) is 1.50. The van der Waals surface area contributed by atoms with E-state index in [0.29, 0.717) is 17.8 Å². The minimum Gasteiger partial charge on any atom is -0.459 e. The molecule has 1 rings (SSSR count). The Balaban J connectivity index is 2.60. The van der Waals surface area contributed by atoms with Crippen LogP contribution in [0.5, 0.6) is 0 Å². The zero-order chi connectivity index (χ0) is 12.8. The third kappa shape index (κ3) is 4.37. The molecule has 0 unspecified atom stereocenters. The highest BCUT2D eigenvalue weighted by Crippen LogP contribution is 2.35. The summed E-state index contributed by atoms with van der Waals surface area (Å²) in [6.07, 6.45) is 8.16. The van der Waals surface area contributed by atoms with Gasteiger partial charge in [-0.25, -0.2) is 4.79 Å². The van der Waals surface area contributed by atoms with E-state index >= 15 is 0 Å². The molecule has 96 valence electrons. The lowest BCUT2D eigenvalue weighted by Crippen LogP contribution is -2.35. The molecule has 0 saturated heterocycles.